The minimum Gasteiger partial charge on any atom is -0.481 e. The fraction of sp³-hybridized carbons (Fsp3) is 0.818. The van der Waals surface area contributed by atoms with Crippen LogP contribution in [0, 0.1) is 0 Å². The maximum absolute atomic E-state index is 11.1. The Kier molecular flexibility index (Phi) is 6.72. The van der Waals surface area contributed by atoms with Gasteiger partial charge in [0, 0.05) is 6.61 Å². The maximum atomic E-state index is 11.1. The lowest BCUT2D eigenvalue weighted by Gasteiger charge is -2.26. The van der Waals surface area contributed by atoms with Crippen LogP contribution in [0.4, 0.5) is 0 Å². The first kappa shape index (κ1) is 14.9. The van der Waals surface area contributed by atoms with Gasteiger partial charge in [0.1, 0.15) is 0 Å². The third-order valence-corrected chi connectivity index (χ3v) is 2.52. The summed E-state index contributed by atoms with van der Waals surface area (Å²) in [5, 5.41) is 17.7. The molecule has 0 rings (SSSR count). The van der Waals surface area contributed by atoms with E-state index in [1.165, 1.54) is 0 Å². The highest BCUT2D eigenvalue weighted by atomic mass is 16.5. The standard InChI is InChI=1S/C11H20O5/c1-3-5-6-7-16-11(4-2,10(14)15)8-9(12)13/h3-8H2,1-2H3,(H,12,13)(H,14,15). The van der Waals surface area contributed by atoms with E-state index in [9.17, 15) is 9.59 Å². The fourth-order valence-electron chi connectivity index (χ4n) is 1.43. The average Bonchev–Trinajstić information content (AvgIpc) is 2.21. The second kappa shape index (κ2) is 7.22. The summed E-state index contributed by atoms with van der Waals surface area (Å²) < 4.78 is 5.27. The second-order valence-electron chi connectivity index (χ2n) is 3.78. The van der Waals surface area contributed by atoms with Crippen molar-refractivity contribution < 1.29 is 24.5 Å². The molecule has 0 spiro atoms. The number of rotatable bonds is 9. The first-order chi connectivity index (χ1) is 7.48. The molecule has 94 valence electrons. The molecule has 0 aliphatic heterocycles. The molecule has 2 N–H and O–H groups in total. The number of unbranched alkanes of at least 4 members (excludes halogenated alkanes) is 2. The Bertz CT molecular complexity index is 239. The molecule has 0 saturated carbocycles. The van der Waals surface area contributed by atoms with Crippen molar-refractivity contribution in [3.05, 3.63) is 0 Å². The molecule has 0 radical (unpaired) electrons. The number of carbonyl (C=O) groups is 2. The minimum absolute atomic E-state index is 0.154. The van der Waals surface area contributed by atoms with Gasteiger partial charge >= 0.3 is 11.9 Å². The van der Waals surface area contributed by atoms with E-state index in [4.69, 9.17) is 14.9 Å². The van der Waals surface area contributed by atoms with Crippen molar-refractivity contribution in [2.24, 2.45) is 0 Å². The van der Waals surface area contributed by atoms with Crippen LogP contribution in [0.3, 0.4) is 0 Å². The molecule has 0 amide bonds. The number of hydrogen-bond acceptors (Lipinski definition) is 3. The summed E-state index contributed by atoms with van der Waals surface area (Å²) in [4.78, 5) is 21.7. The Morgan fingerprint density at radius 2 is 1.81 bits per heavy atom. The van der Waals surface area contributed by atoms with Crippen LogP contribution < -0.4 is 0 Å². The highest BCUT2D eigenvalue weighted by Crippen LogP contribution is 2.22. The molecule has 1 unspecified atom stereocenters. The largest absolute Gasteiger partial charge is 0.481 e. The molecule has 5 heteroatoms. The smallest absolute Gasteiger partial charge is 0.336 e. The van der Waals surface area contributed by atoms with Gasteiger partial charge in [-0.3, -0.25) is 4.79 Å². The Morgan fingerprint density at radius 1 is 1.19 bits per heavy atom. The predicted octanol–water partition coefficient (Wildman–Crippen LogP) is 1.90. The summed E-state index contributed by atoms with van der Waals surface area (Å²) in [7, 11) is 0. The number of hydrogen-bond donors (Lipinski definition) is 2. The van der Waals surface area contributed by atoms with Crippen LogP contribution in [-0.4, -0.2) is 34.4 Å². The Balaban J connectivity index is 4.39. The quantitative estimate of drug-likeness (QED) is 0.593. The van der Waals surface area contributed by atoms with Gasteiger partial charge in [0.05, 0.1) is 6.42 Å². The van der Waals surface area contributed by atoms with Gasteiger partial charge in [-0.1, -0.05) is 26.7 Å². The van der Waals surface area contributed by atoms with Gasteiger partial charge in [0.25, 0.3) is 0 Å². The van der Waals surface area contributed by atoms with Crippen molar-refractivity contribution in [3.63, 3.8) is 0 Å². The van der Waals surface area contributed by atoms with E-state index in [-0.39, 0.29) is 6.42 Å². The van der Waals surface area contributed by atoms with Crippen LogP contribution in [0.5, 0.6) is 0 Å². The molecule has 0 aliphatic carbocycles. The van der Waals surface area contributed by atoms with Crippen molar-refractivity contribution in [2.75, 3.05) is 6.61 Å². The zero-order valence-corrected chi connectivity index (χ0v) is 9.86. The van der Waals surface area contributed by atoms with E-state index >= 15 is 0 Å². The Labute approximate surface area is 95.4 Å². The lowest BCUT2D eigenvalue weighted by molar-refractivity contribution is -0.173. The third kappa shape index (κ3) is 4.61. The monoisotopic (exact) mass is 232 g/mol. The van der Waals surface area contributed by atoms with E-state index in [2.05, 4.69) is 0 Å². The van der Waals surface area contributed by atoms with E-state index in [0.717, 1.165) is 19.3 Å². The van der Waals surface area contributed by atoms with E-state index in [0.29, 0.717) is 6.61 Å². The zero-order valence-electron chi connectivity index (χ0n) is 9.86. The highest BCUT2D eigenvalue weighted by molar-refractivity contribution is 5.83. The number of carboxylic acids is 2. The molecule has 5 nitrogen and oxygen atoms in total. The van der Waals surface area contributed by atoms with Crippen molar-refractivity contribution in [3.8, 4) is 0 Å². The molecule has 0 aromatic carbocycles. The summed E-state index contributed by atoms with van der Waals surface area (Å²) in [5.41, 5.74) is -1.57. The molecule has 0 aromatic rings. The predicted molar refractivity (Wildman–Crippen MR) is 58.4 cm³/mol. The van der Waals surface area contributed by atoms with Crippen molar-refractivity contribution >= 4 is 11.9 Å². The molecule has 16 heavy (non-hydrogen) atoms. The second-order valence-corrected chi connectivity index (χ2v) is 3.78. The van der Waals surface area contributed by atoms with E-state index in [1.807, 2.05) is 6.92 Å². The molecule has 0 fully saturated rings. The third-order valence-electron chi connectivity index (χ3n) is 2.52. The number of carboxylic acid groups (broad SMARTS) is 2. The molecule has 0 bridgehead atoms. The van der Waals surface area contributed by atoms with Crippen LogP contribution in [-0.2, 0) is 14.3 Å². The van der Waals surface area contributed by atoms with Gasteiger partial charge < -0.3 is 14.9 Å². The molecule has 0 saturated heterocycles. The average molecular weight is 232 g/mol. The van der Waals surface area contributed by atoms with Crippen molar-refractivity contribution in [1.29, 1.82) is 0 Å². The Morgan fingerprint density at radius 3 is 2.19 bits per heavy atom. The van der Waals surface area contributed by atoms with Gasteiger partial charge in [-0.05, 0) is 12.8 Å². The van der Waals surface area contributed by atoms with E-state index in [1.54, 1.807) is 6.92 Å². The maximum Gasteiger partial charge on any atom is 0.336 e. The van der Waals surface area contributed by atoms with Crippen LogP contribution in [0.2, 0.25) is 0 Å². The summed E-state index contributed by atoms with van der Waals surface area (Å²) in [6.07, 6.45) is 2.37. The van der Waals surface area contributed by atoms with Crippen LogP contribution in [0.25, 0.3) is 0 Å². The summed E-state index contributed by atoms with van der Waals surface area (Å²) in [6.45, 7) is 3.94. The van der Waals surface area contributed by atoms with Gasteiger partial charge in [0.2, 0.25) is 0 Å². The molecule has 0 aliphatic rings. The van der Waals surface area contributed by atoms with Gasteiger partial charge in [0.15, 0.2) is 5.60 Å². The van der Waals surface area contributed by atoms with E-state index < -0.39 is 24.0 Å². The van der Waals surface area contributed by atoms with Crippen LogP contribution in [0.1, 0.15) is 46.0 Å². The first-order valence-corrected chi connectivity index (χ1v) is 5.57. The fourth-order valence-corrected chi connectivity index (χ4v) is 1.43. The molecule has 0 aromatic heterocycles. The number of ether oxygens (including phenoxy) is 1. The molecular weight excluding hydrogens is 212 g/mol. The highest BCUT2D eigenvalue weighted by Gasteiger charge is 2.40. The zero-order chi connectivity index (χ0) is 12.6. The summed E-state index contributed by atoms with van der Waals surface area (Å²) in [6, 6.07) is 0. The number of aliphatic carboxylic acids is 2. The Hall–Kier alpha value is -1.10. The molecule has 0 heterocycles. The minimum atomic E-state index is -1.57. The first-order valence-electron chi connectivity index (χ1n) is 5.57. The van der Waals surface area contributed by atoms with Crippen molar-refractivity contribution in [1.82, 2.24) is 0 Å². The van der Waals surface area contributed by atoms with Crippen LogP contribution in [0.15, 0.2) is 0 Å². The topological polar surface area (TPSA) is 83.8 Å². The normalized spacial score (nSPS) is 14.4. The van der Waals surface area contributed by atoms with Crippen molar-refractivity contribution in [2.45, 2.75) is 51.6 Å². The lowest BCUT2D eigenvalue weighted by Crippen LogP contribution is -2.43. The lowest BCUT2D eigenvalue weighted by atomic mass is 9.96. The molecular formula is C11H20O5. The van der Waals surface area contributed by atoms with Crippen LogP contribution >= 0.6 is 0 Å². The van der Waals surface area contributed by atoms with Gasteiger partial charge in [-0.25, -0.2) is 4.79 Å². The summed E-state index contributed by atoms with van der Waals surface area (Å²) >= 11 is 0. The molecule has 1 atom stereocenters. The SMILES string of the molecule is CCCCCOC(CC)(CC(=O)O)C(=O)O. The van der Waals surface area contributed by atoms with Gasteiger partial charge in [-0.2, -0.15) is 0 Å². The summed E-state index contributed by atoms with van der Waals surface area (Å²) in [5.74, 6) is -2.35. The van der Waals surface area contributed by atoms with Gasteiger partial charge in [-0.15, -0.1) is 0 Å².